The van der Waals surface area contributed by atoms with Crippen molar-refractivity contribution in [2.24, 2.45) is 0 Å². The van der Waals surface area contributed by atoms with Crippen LogP contribution in [0.3, 0.4) is 0 Å². The molecule has 0 fully saturated rings. The number of para-hydroxylation sites is 1. The zero-order chi connectivity index (χ0) is 12.4. The highest BCUT2D eigenvalue weighted by Crippen LogP contribution is 2.22. The maximum atomic E-state index is 10.9. The summed E-state index contributed by atoms with van der Waals surface area (Å²) in [5.41, 5.74) is 1.19. The predicted octanol–water partition coefficient (Wildman–Crippen LogP) is 2.11. The second-order valence-electron chi connectivity index (χ2n) is 3.38. The fourth-order valence-corrected chi connectivity index (χ4v) is 1.63. The van der Waals surface area contributed by atoms with Gasteiger partial charge >= 0.3 is 5.97 Å². The molecule has 0 radical (unpaired) electrons. The van der Waals surface area contributed by atoms with E-state index in [1.165, 1.54) is 18.3 Å². The second-order valence-corrected chi connectivity index (χ2v) is 3.38. The van der Waals surface area contributed by atoms with E-state index in [4.69, 9.17) is 5.11 Å². The third-order valence-electron chi connectivity index (χ3n) is 2.35. The van der Waals surface area contributed by atoms with E-state index in [-0.39, 0.29) is 5.56 Å². The quantitative estimate of drug-likeness (QED) is 0.625. The summed E-state index contributed by atoms with van der Waals surface area (Å²) >= 11 is 0. The van der Waals surface area contributed by atoms with Crippen LogP contribution in [0.15, 0.2) is 30.6 Å². The van der Waals surface area contributed by atoms with E-state index in [0.29, 0.717) is 16.5 Å². The molecule has 0 amide bonds. The Hall–Kier alpha value is -2.63. The van der Waals surface area contributed by atoms with Gasteiger partial charge in [0.1, 0.15) is 0 Å². The predicted molar refractivity (Wildman–Crippen MR) is 61.3 cm³/mol. The summed E-state index contributed by atoms with van der Waals surface area (Å²) in [4.78, 5) is 23.4. The lowest BCUT2D eigenvalue weighted by Gasteiger charge is -1.96. The van der Waals surface area contributed by atoms with Crippen LogP contribution in [-0.2, 0) is 0 Å². The van der Waals surface area contributed by atoms with Crippen molar-refractivity contribution in [3.63, 3.8) is 0 Å². The molecule has 6 heteroatoms. The minimum atomic E-state index is -1.04. The highest BCUT2D eigenvalue weighted by atomic mass is 16.6. The SMILES string of the molecule is O=C(O)c1cccc2c(/C=C/[N+](=O)[O-])c[nH]c12. The molecular weight excluding hydrogens is 224 g/mol. The molecule has 1 aromatic carbocycles. The zero-order valence-corrected chi connectivity index (χ0v) is 8.58. The Bertz CT molecular complexity index is 627. The molecule has 0 aliphatic carbocycles. The number of carboxylic acid groups (broad SMARTS) is 1. The normalized spacial score (nSPS) is 11.1. The van der Waals surface area contributed by atoms with Gasteiger partial charge in [-0.25, -0.2) is 4.79 Å². The molecule has 0 aliphatic heterocycles. The summed E-state index contributed by atoms with van der Waals surface area (Å²) < 4.78 is 0. The van der Waals surface area contributed by atoms with Crippen LogP contribution < -0.4 is 0 Å². The number of aromatic carboxylic acids is 1. The number of aromatic amines is 1. The monoisotopic (exact) mass is 232 g/mol. The summed E-state index contributed by atoms with van der Waals surface area (Å²) in [5, 5.41) is 19.8. The second kappa shape index (κ2) is 4.09. The third-order valence-corrected chi connectivity index (χ3v) is 2.35. The minimum Gasteiger partial charge on any atom is -0.478 e. The molecule has 86 valence electrons. The van der Waals surface area contributed by atoms with Crippen molar-refractivity contribution in [3.8, 4) is 0 Å². The summed E-state index contributed by atoms with van der Waals surface area (Å²) in [6, 6.07) is 4.78. The smallest absolute Gasteiger partial charge is 0.337 e. The first-order valence-corrected chi connectivity index (χ1v) is 4.74. The van der Waals surface area contributed by atoms with Gasteiger partial charge in [-0.3, -0.25) is 10.1 Å². The number of benzene rings is 1. The average Bonchev–Trinajstić information content (AvgIpc) is 2.68. The largest absolute Gasteiger partial charge is 0.478 e. The van der Waals surface area contributed by atoms with Gasteiger partial charge in [0.05, 0.1) is 16.0 Å². The first kappa shape index (κ1) is 10.9. The number of rotatable bonds is 3. The Morgan fingerprint density at radius 1 is 1.47 bits per heavy atom. The molecule has 17 heavy (non-hydrogen) atoms. The van der Waals surface area contributed by atoms with Gasteiger partial charge in [-0.2, -0.15) is 0 Å². The molecule has 0 bridgehead atoms. The number of H-pyrrole nitrogens is 1. The lowest BCUT2D eigenvalue weighted by Crippen LogP contribution is -1.96. The number of fused-ring (bicyclic) bond motifs is 1. The number of nitrogens with zero attached hydrogens (tertiary/aromatic N) is 1. The first-order valence-electron chi connectivity index (χ1n) is 4.74. The fourth-order valence-electron chi connectivity index (χ4n) is 1.63. The first-order chi connectivity index (χ1) is 8.09. The van der Waals surface area contributed by atoms with Crippen LogP contribution in [0.5, 0.6) is 0 Å². The number of carbonyl (C=O) groups is 1. The molecule has 2 aromatic rings. The van der Waals surface area contributed by atoms with E-state index in [1.807, 2.05) is 0 Å². The van der Waals surface area contributed by atoms with Gasteiger partial charge in [0, 0.05) is 23.2 Å². The van der Waals surface area contributed by atoms with Crippen molar-refractivity contribution in [2.75, 3.05) is 0 Å². The molecule has 0 saturated carbocycles. The zero-order valence-electron chi connectivity index (χ0n) is 8.58. The van der Waals surface area contributed by atoms with Gasteiger partial charge in [0.2, 0.25) is 6.20 Å². The Labute approximate surface area is 95.3 Å². The molecule has 1 aromatic heterocycles. The van der Waals surface area contributed by atoms with Crippen LogP contribution in [0.25, 0.3) is 17.0 Å². The molecular formula is C11H8N2O4. The molecule has 0 atom stereocenters. The molecule has 1 heterocycles. The van der Waals surface area contributed by atoms with E-state index in [1.54, 1.807) is 12.1 Å². The van der Waals surface area contributed by atoms with Crippen molar-refractivity contribution in [3.05, 3.63) is 51.8 Å². The van der Waals surface area contributed by atoms with E-state index < -0.39 is 10.9 Å². The van der Waals surface area contributed by atoms with Gasteiger partial charge in [0.25, 0.3) is 0 Å². The number of aromatic nitrogens is 1. The summed E-state index contributed by atoms with van der Waals surface area (Å²) in [6.45, 7) is 0. The number of carboxylic acids is 1. The summed E-state index contributed by atoms with van der Waals surface area (Å²) in [5.74, 6) is -1.04. The van der Waals surface area contributed by atoms with Gasteiger partial charge in [0.15, 0.2) is 0 Å². The van der Waals surface area contributed by atoms with Crippen LogP contribution in [-0.4, -0.2) is 21.0 Å². The lowest BCUT2D eigenvalue weighted by molar-refractivity contribution is -0.400. The maximum absolute atomic E-state index is 10.9. The Balaban J connectivity index is 2.59. The molecule has 0 saturated heterocycles. The lowest BCUT2D eigenvalue weighted by atomic mass is 10.1. The Morgan fingerprint density at radius 2 is 2.24 bits per heavy atom. The van der Waals surface area contributed by atoms with Crippen molar-refractivity contribution in [1.29, 1.82) is 0 Å². The number of nitrogens with one attached hydrogen (secondary N) is 1. The Kier molecular flexibility index (Phi) is 2.61. The minimum absolute atomic E-state index is 0.142. The standard InChI is InChI=1S/C11H8N2O4/c14-11(15)9-3-1-2-8-7(4-5-13(16)17)6-12-10(8)9/h1-6,12H,(H,14,15)/b5-4+. The highest BCUT2D eigenvalue weighted by molar-refractivity contribution is 6.04. The van der Waals surface area contributed by atoms with Crippen LogP contribution >= 0.6 is 0 Å². The van der Waals surface area contributed by atoms with E-state index in [0.717, 1.165) is 6.20 Å². The van der Waals surface area contributed by atoms with E-state index in [9.17, 15) is 14.9 Å². The number of nitro groups is 1. The molecule has 2 N–H and O–H groups in total. The van der Waals surface area contributed by atoms with Crippen molar-refractivity contribution in [2.45, 2.75) is 0 Å². The number of hydrogen-bond acceptors (Lipinski definition) is 3. The third kappa shape index (κ3) is 2.00. The van der Waals surface area contributed by atoms with Crippen molar-refractivity contribution in [1.82, 2.24) is 4.98 Å². The summed E-state index contributed by atoms with van der Waals surface area (Å²) in [7, 11) is 0. The Morgan fingerprint density at radius 3 is 2.88 bits per heavy atom. The van der Waals surface area contributed by atoms with Gasteiger partial charge in [-0.05, 0) is 6.07 Å². The fraction of sp³-hybridized carbons (Fsp3) is 0. The van der Waals surface area contributed by atoms with Crippen molar-refractivity contribution >= 4 is 22.9 Å². The van der Waals surface area contributed by atoms with Gasteiger partial charge in [-0.1, -0.05) is 12.1 Å². The van der Waals surface area contributed by atoms with E-state index >= 15 is 0 Å². The topological polar surface area (TPSA) is 96.2 Å². The molecule has 0 unspecified atom stereocenters. The van der Waals surface area contributed by atoms with Crippen molar-refractivity contribution < 1.29 is 14.8 Å². The molecule has 6 nitrogen and oxygen atoms in total. The van der Waals surface area contributed by atoms with Gasteiger partial charge in [-0.15, -0.1) is 0 Å². The van der Waals surface area contributed by atoms with E-state index in [2.05, 4.69) is 4.98 Å². The maximum Gasteiger partial charge on any atom is 0.337 e. The summed E-state index contributed by atoms with van der Waals surface area (Å²) in [6.07, 6.45) is 3.68. The highest BCUT2D eigenvalue weighted by Gasteiger charge is 2.11. The van der Waals surface area contributed by atoms with Gasteiger partial charge < -0.3 is 10.1 Å². The molecule has 2 rings (SSSR count). The van der Waals surface area contributed by atoms with Crippen LogP contribution in [0.1, 0.15) is 15.9 Å². The number of hydrogen-bond donors (Lipinski definition) is 2. The molecule has 0 aliphatic rings. The van der Waals surface area contributed by atoms with Crippen LogP contribution in [0.2, 0.25) is 0 Å². The molecule has 0 spiro atoms. The average molecular weight is 232 g/mol. The van der Waals surface area contributed by atoms with Crippen LogP contribution in [0, 0.1) is 10.1 Å². The van der Waals surface area contributed by atoms with Crippen LogP contribution in [0.4, 0.5) is 0 Å².